The summed E-state index contributed by atoms with van der Waals surface area (Å²) in [5.74, 6) is -0.414. The Bertz CT molecular complexity index is 792. The molecule has 0 saturated carbocycles. The van der Waals surface area contributed by atoms with E-state index in [9.17, 15) is 4.79 Å². The van der Waals surface area contributed by atoms with Crippen LogP contribution in [0.25, 0.3) is 10.9 Å². The minimum absolute atomic E-state index is 0.414. The number of fused-ring (bicyclic) bond motifs is 1. The second-order valence-corrected chi connectivity index (χ2v) is 5.05. The number of hydrogen-bond acceptors (Lipinski definition) is 1. The maximum absolute atomic E-state index is 11.5. The number of primary amides is 1. The van der Waals surface area contributed by atoms with Gasteiger partial charge in [-0.2, -0.15) is 0 Å². The van der Waals surface area contributed by atoms with Gasteiger partial charge in [-0.1, -0.05) is 41.9 Å². The Hall–Kier alpha value is -2.26. The normalized spacial score (nSPS) is 10.8. The zero-order chi connectivity index (χ0) is 14.1. The number of benzene rings is 2. The van der Waals surface area contributed by atoms with E-state index in [0.717, 1.165) is 16.5 Å². The standard InChI is InChI=1S/C16H13ClN2O/c17-14-7-3-5-11-8-9-19(15(11)14)10-12-4-1-2-6-13(12)16(18)20/h1-9H,10H2,(H2,18,20). The van der Waals surface area contributed by atoms with Gasteiger partial charge in [0.05, 0.1) is 10.5 Å². The van der Waals surface area contributed by atoms with Crippen LogP contribution in [0.2, 0.25) is 5.02 Å². The summed E-state index contributed by atoms with van der Waals surface area (Å²) < 4.78 is 2.03. The zero-order valence-electron chi connectivity index (χ0n) is 10.7. The second-order valence-electron chi connectivity index (χ2n) is 4.64. The van der Waals surface area contributed by atoms with Crippen LogP contribution in [-0.2, 0) is 6.54 Å². The Labute approximate surface area is 121 Å². The summed E-state index contributed by atoms with van der Waals surface area (Å²) in [6, 6.07) is 15.2. The van der Waals surface area contributed by atoms with Crippen LogP contribution in [0.15, 0.2) is 54.7 Å². The Morgan fingerprint density at radius 2 is 1.90 bits per heavy atom. The predicted molar refractivity (Wildman–Crippen MR) is 81.0 cm³/mol. The molecule has 3 aromatic rings. The molecular formula is C16H13ClN2O. The van der Waals surface area contributed by atoms with Crippen molar-refractivity contribution in [2.24, 2.45) is 5.73 Å². The number of aromatic nitrogens is 1. The van der Waals surface area contributed by atoms with Crippen molar-refractivity contribution in [2.45, 2.75) is 6.54 Å². The molecule has 0 fully saturated rings. The summed E-state index contributed by atoms with van der Waals surface area (Å²) in [6.45, 7) is 0.562. The highest BCUT2D eigenvalue weighted by Crippen LogP contribution is 2.25. The average molecular weight is 285 g/mol. The van der Waals surface area contributed by atoms with Gasteiger partial charge in [0.25, 0.3) is 0 Å². The van der Waals surface area contributed by atoms with Crippen molar-refractivity contribution in [2.75, 3.05) is 0 Å². The van der Waals surface area contributed by atoms with Crippen LogP contribution < -0.4 is 5.73 Å². The third-order valence-corrected chi connectivity index (χ3v) is 3.67. The van der Waals surface area contributed by atoms with Gasteiger partial charge in [0.2, 0.25) is 5.91 Å². The van der Waals surface area contributed by atoms with E-state index >= 15 is 0 Å². The Balaban J connectivity index is 2.09. The highest BCUT2D eigenvalue weighted by molar-refractivity contribution is 6.35. The molecule has 1 amide bonds. The molecule has 3 nitrogen and oxygen atoms in total. The number of nitrogens with zero attached hydrogens (tertiary/aromatic N) is 1. The zero-order valence-corrected chi connectivity index (χ0v) is 11.5. The van der Waals surface area contributed by atoms with Gasteiger partial charge in [0.1, 0.15) is 0 Å². The van der Waals surface area contributed by atoms with Gasteiger partial charge < -0.3 is 10.3 Å². The number of carbonyl (C=O) groups is 1. The summed E-state index contributed by atoms with van der Waals surface area (Å²) in [7, 11) is 0. The Kier molecular flexibility index (Phi) is 3.20. The molecule has 1 heterocycles. The SMILES string of the molecule is NC(=O)c1ccccc1Cn1ccc2cccc(Cl)c21. The molecule has 100 valence electrons. The van der Waals surface area contributed by atoms with Crippen molar-refractivity contribution < 1.29 is 4.79 Å². The largest absolute Gasteiger partial charge is 0.366 e. The summed E-state index contributed by atoms with van der Waals surface area (Å²) in [6.07, 6.45) is 1.97. The number of para-hydroxylation sites is 1. The molecule has 0 aliphatic carbocycles. The maximum Gasteiger partial charge on any atom is 0.249 e. The van der Waals surface area contributed by atoms with E-state index in [0.29, 0.717) is 17.1 Å². The number of halogens is 1. The van der Waals surface area contributed by atoms with E-state index in [1.165, 1.54) is 0 Å². The van der Waals surface area contributed by atoms with Crippen LogP contribution in [-0.4, -0.2) is 10.5 Å². The van der Waals surface area contributed by atoms with E-state index in [2.05, 4.69) is 0 Å². The topological polar surface area (TPSA) is 48.0 Å². The third-order valence-electron chi connectivity index (χ3n) is 3.36. The fourth-order valence-corrected chi connectivity index (χ4v) is 2.72. The minimum Gasteiger partial charge on any atom is -0.366 e. The Morgan fingerprint density at radius 1 is 1.10 bits per heavy atom. The lowest BCUT2D eigenvalue weighted by molar-refractivity contribution is 0.0999. The highest BCUT2D eigenvalue weighted by atomic mass is 35.5. The van der Waals surface area contributed by atoms with Crippen molar-refractivity contribution in [3.8, 4) is 0 Å². The first kappa shape index (κ1) is 12.8. The van der Waals surface area contributed by atoms with Crippen LogP contribution in [0.4, 0.5) is 0 Å². The van der Waals surface area contributed by atoms with E-state index in [-0.39, 0.29) is 0 Å². The number of rotatable bonds is 3. The van der Waals surface area contributed by atoms with Crippen LogP contribution in [0.3, 0.4) is 0 Å². The number of nitrogens with two attached hydrogens (primary N) is 1. The molecule has 3 rings (SSSR count). The summed E-state index contributed by atoms with van der Waals surface area (Å²) in [4.78, 5) is 11.5. The van der Waals surface area contributed by atoms with Crippen LogP contribution in [0, 0.1) is 0 Å². The van der Waals surface area contributed by atoms with Crippen LogP contribution in [0.5, 0.6) is 0 Å². The van der Waals surface area contributed by atoms with Gasteiger partial charge in [0.15, 0.2) is 0 Å². The number of amides is 1. The molecule has 0 aliphatic rings. The van der Waals surface area contributed by atoms with Gasteiger partial charge in [0, 0.05) is 23.7 Å². The molecule has 0 radical (unpaired) electrons. The monoisotopic (exact) mass is 284 g/mol. The first-order valence-electron chi connectivity index (χ1n) is 6.28. The molecule has 1 aromatic heterocycles. The summed E-state index contributed by atoms with van der Waals surface area (Å²) >= 11 is 6.26. The lowest BCUT2D eigenvalue weighted by atomic mass is 10.1. The minimum atomic E-state index is -0.414. The smallest absolute Gasteiger partial charge is 0.249 e. The fraction of sp³-hybridized carbons (Fsp3) is 0.0625. The van der Waals surface area contributed by atoms with Gasteiger partial charge in [-0.15, -0.1) is 0 Å². The van der Waals surface area contributed by atoms with Gasteiger partial charge in [-0.25, -0.2) is 0 Å². The first-order valence-corrected chi connectivity index (χ1v) is 6.65. The molecule has 2 aromatic carbocycles. The second kappa shape index (κ2) is 5.02. The predicted octanol–water partition coefficient (Wildman–Crippen LogP) is 3.44. The number of carbonyl (C=O) groups excluding carboxylic acids is 1. The van der Waals surface area contributed by atoms with Gasteiger partial charge in [-0.3, -0.25) is 4.79 Å². The molecule has 0 spiro atoms. The lowest BCUT2D eigenvalue weighted by Crippen LogP contribution is -2.14. The first-order chi connectivity index (χ1) is 9.66. The van der Waals surface area contributed by atoms with Crippen molar-refractivity contribution in [1.82, 2.24) is 4.57 Å². The molecule has 0 unspecified atom stereocenters. The summed E-state index contributed by atoms with van der Waals surface area (Å²) in [5.41, 5.74) is 7.81. The van der Waals surface area contributed by atoms with Crippen molar-refractivity contribution in [1.29, 1.82) is 0 Å². The average Bonchev–Trinajstić information content (AvgIpc) is 2.84. The Morgan fingerprint density at radius 3 is 2.70 bits per heavy atom. The highest BCUT2D eigenvalue weighted by Gasteiger charge is 2.10. The molecule has 2 N–H and O–H groups in total. The van der Waals surface area contributed by atoms with Crippen molar-refractivity contribution in [3.05, 3.63) is 70.9 Å². The van der Waals surface area contributed by atoms with Crippen LogP contribution >= 0.6 is 11.6 Å². The van der Waals surface area contributed by atoms with Gasteiger partial charge >= 0.3 is 0 Å². The fourth-order valence-electron chi connectivity index (χ4n) is 2.43. The third kappa shape index (κ3) is 2.17. The van der Waals surface area contributed by atoms with E-state index < -0.39 is 5.91 Å². The molecule has 20 heavy (non-hydrogen) atoms. The van der Waals surface area contributed by atoms with Crippen molar-refractivity contribution >= 4 is 28.4 Å². The van der Waals surface area contributed by atoms with E-state index in [4.69, 9.17) is 17.3 Å². The van der Waals surface area contributed by atoms with Gasteiger partial charge in [-0.05, 0) is 23.8 Å². The van der Waals surface area contributed by atoms with Crippen LogP contribution in [0.1, 0.15) is 15.9 Å². The van der Waals surface area contributed by atoms with Crippen molar-refractivity contribution in [3.63, 3.8) is 0 Å². The molecule has 4 heteroatoms. The quantitative estimate of drug-likeness (QED) is 0.787. The molecule has 0 bridgehead atoms. The van der Waals surface area contributed by atoms with E-state index in [1.807, 2.05) is 53.2 Å². The number of hydrogen-bond donors (Lipinski definition) is 1. The maximum atomic E-state index is 11.5. The molecule has 0 atom stereocenters. The molecule has 0 saturated heterocycles. The lowest BCUT2D eigenvalue weighted by Gasteiger charge is -2.10. The molecular weight excluding hydrogens is 272 g/mol. The summed E-state index contributed by atoms with van der Waals surface area (Å²) in [5, 5.41) is 1.78. The molecule has 0 aliphatic heterocycles. The van der Waals surface area contributed by atoms with E-state index in [1.54, 1.807) is 6.07 Å².